The van der Waals surface area contributed by atoms with Crippen molar-refractivity contribution in [2.24, 2.45) is 16.3 Å². The van der Waals surface area contributed by atoms with Crippen LogP contribution >= 0.6 is 23.2 Å². The summed E-state index contributed by atoms with van der Waals surface area (Å²) in [5, 5.41) is 0.931. The Balaban J connectivity index is 2.10. The highest BCUT2D eigenvalue weighted by atomic mass is 35.5. The van der Waals surface area contributed by atoms with Crippen LogP contribution in [-0.4, -0.2) is 23.2 Å². The van der Waals surface area contributed by atoms with Crippen molar-refractivity contribution in [3.8, 4) is 0 Å². The number of halogens is 2. The molecule has 1 aromatic rings. The molecule has 1 saturated carbocycles. The normalized spacial score (nSPS) is 27.3. The molecule has 29 heavy (non-hydrogen) atoms. The molecule has 0 amide bonds. The summed E-state index contributed by atoms with van der Waals surface area (Å²) in [4.78, 5) is 31.2. The molecular weight excluding hydrogens is 409 g/mol. The molecule has 1 aliphatic carbocycles. The second kappa shape index (κ2) is 8.03. The average Bonchev–Trinajstić information content (AvgIpc) is 2.88. The Bertz CT molecular complexity index is 862. The fourth-order valence-corrected chi connectivity index (χ4v) is 4.79. The topological polar surface area (TPSA) is 55.7 Å². The fourth-order valence-electron chi connectivity index (χ4n) is 4.15. The number of carbonyl (C=O) groups is 2. The zero-order valence-electron chi connectivity index (χ0n) is 17.8. The molecular formula is C23H29Cl2NO3. The molecule has 1 spiro atoms. The molecule has 4 nitrogen and oxygen atoms in total. The highest BCUT2D eigenvalue weighted by molar-refractivity contribution is 6.36. The van der Waals surface area contributed by atoms with Crippen LogP contribution in [0.25, 0.3) is 0 Å². The minimum atomic E-state index is -0.821. The quantitative estimate of drug-likeness (QED) is 0.520. The van der Waals surface area contributed by atoms with Gasteiger partial charge in [-0.1, -0.05) is 37.0 Å². The Kier molecular flexibility index (Phi) is 6.18. The van der Waals surface area contributed by atoms with Crippen molar-refractivity contribution in [1.29, 1.82) is 0 Å². The van der Waals surface area contributed by atoms with Gasteiger partial charge in [0.05, 0.1) is 5.41 Å². The predicted molar refractivity (Wildman–Crippen MR) is 117 cm³/mol. The summed E-state index contributed by atoms with van der Waals surface area (Å²) in [5.74, 6) is -0.440. The maximum atomic E-state index is 13.7. The van der Waals surface area contributed by atoms with Gasteiger partial charge in [0.25, 0.3) is 0 Å². The van der Waals surface area contributed by atoms with Gasteiger partial charge < -0.3 is 4.74 Å². The Labute approximate surface area is 183 Å². The number of benzene rings is 1. The lowest BCUT2D eigenvalue weighted by Crippen LogP contribution is -2.39. The van der Waals surface area contributed by atoms with Gasteiger partial charge in [-0.25, -0.2) is 4.99 Å². The summed E-state index contributed by atoms with van der Waals surface area (Å²) >= 11 is 12.8. The third-order valence-corrected chi connectivity index (χ3v) is 6.58. The van der Waals surface area contributed by atoms with Crippen LogP contribution in [0.1, 0.15) is 77.3 Å². The third-order valence-electron chi connectivity index (χ3n) is 6.05. The second-order valence-electron chi connectivity index (χ2n) is 9.41. The number of nitrogens with zero attached hydrogens (tertiary/aromatic N) is 1. The Morgan fingerprint density at radius 2 is 1.86 bits per heavy atom. The van der Waals surface area contributed by atoms with Gasteiger partial charge in [0, 0.05) is 10.0 Å². The Morgan fingerprint density at radius 3 is 2.41 bits per heavy atom. The summed E-state index contributed by atoms with van der Waals surface area (Å²) in [6, 6.07) is 3.47. The number of ether oxygens (including phenoxy) is 1. The first kappa shape index (κ1) is 22.3. The van der Waals surface area contributed by atoms with Crippen LogP contribution in [0.5, 0.6) is 0 Å². The number of hydrogen-bond acceptors (Lipinski definition) is 4. The van der Waals surface area contributed by atoms with Crippen LogP contribution in [0.4, 0.5) is 0 Å². The minimum absolute atomic E-state index is 0.0139. The van der Waals surface area contributed by atoms with Crippen molar-refractivity contribution < 1.29 is 14.3 Å². The predicted octanol–water partition coefficient (Wildman–Crippen LogP) is 6.16. The van der Waals surface area contributed by atoms with Crippen LogP contribution in [0, 0.1) is 11.3 Å². The van der Waals surface area contributed by atoms with Gasteiger partial charge in [-0.3, -0.25) is 9.59 Å². The largest absolute Gasteiger partial charge is 0.410 e. The molecule has 1 unspecified atom stereocenters. The minimum Gasteiger partial charge on any atom is -0.410 e. The van der Waals surface area contributed by atoms with Crippen molar-refractivity contribution in [2.75, 3.05) is 0 Å². The van der Waals surface area contributed by atoms with E-state index in [9.17, 15) is 9.59 Å². The summed E-state index contributed by atoms with van der Waals surface area (Å²) in [6.07, 6.45) is 3.86. The van der Waals surface area contributed by atoms with Crippen molar-refractivity contribution in [3.63, 3.8) is 0 Å². The number of esters is 1. The van der Waals surface area contributed by atoms with E-state index in [0.717, 1.165) is 18.4 Å². The van der Waals surface area contributed by atoms with Crippen LogP contribution in [-0.2, 0) is 20.7 Å². The van der Waals surface area contributed by atoms with Crippen LogP contribution in [0.3, 0.4) is 0 Å². The Morgan fingerprint density at radius 1 is 1.24 bits per heavy atom. The van der Waals surface area contributed by atoms with Gasteiger partial charge in [-0.2, -0.15) is 0 Å². The third kappa shape index (κ3) is 4.25. The van der Waals surface area contributed by atoms with E-state index < -0.39 is 22.8 Å². The number of hydrogen-bond donors (Lipinski definition) is 0. The molecule has 1 fully saturated rings. The lowest BCUT2D eigenvalue weighted by molar-refractivity contribution is -0.144. The van der Waals surface area contributed by atoms with E-state index in [-0.39, 0.29) is 11.7 Å². The van der Waals surface area contributed by atoms with Gasteiger partial charge in [0.2, 0.25) is 5.90 Å². The maximum absolute atomic E-state index is 13.7. The van der Waals surface area contributed by atoms with E-state index in [1.807, 2.05) is 13.0 Å². The van der Waals surface area contributed by atoms with E-state index in [1.165, 1.54) is 0 Å². The zero-order chi connectivity index (χ0) is 21.6. The summed E-state index contributed by atoms with van der Waals surface area (Å²) in [5.41, 5.74) is 0.0179. The molecule has 0 aromatic heterocycles. The first-order valence-electron chi connectivity index (χ1n) is 10.3. The average molecular weight is 438 g/mol. The molecule has 0 N–H and O–H groups in total. The SMILES string of the molecule is CCc1cc(Cl)cc(Cl)c1C1C(=O)C2(CCC(C)CC2)N=C1OC(=O)C(C)(C)C. The highest BCUT2D eigenvalue weighted by Crippen LogP contribution is 2.47. The van der Waals surface area contributed by atoms with Gasteiger partial charge in [-0.05, 0) is 82.1 Å². The standard InChI is InChI=1S/C23H29Cl2NO3/c1-6-14-11-15(24)12-16(25)17(14)18-19(27)23(9-7-13(2)8-10-23)26-20(18)29-21(28)22(3,4)5/h11-13,18H,6-10H2,1-5H3. The van der Waals surface area contributed by atoms with Crippen molar-refractivity contribution in [2.45, 2.75) is 78.2 Å². The van der Waals surface area contributed by atoms with Gasteiger partial charge >= 0.3 is 5.97 Å². The molecule has 1 atom stereocenters. The second-order valence-corrected chi connectivity index (χ2v) is 10.3. The lowest BCUT2D eigenvalue weighted by atomic mass is 9.73. The van der Waals surface area contributed by atoms with E-state index in [1.54, 1.807) is 26.8 Å². The van der Waals surface area contributed by atoms with E-state index in [4.69, 9.17) is 32.9 Å². The molecule has 1 aromatic carbocycles. The zero-order valence-corrected chi connectivity index (χ0v) is 19.3. The van der Waals surface area contributed by atoms with Crippen molar-refractivity contribution in [3.05, 3.63) is 33.3 Å². The summed E-state index contributed by atoms with van der Waals surface area (Å²) in [7, 11) is 0. The number of aryl methyl sites for hydroxylation is 1. The molecule has 2 aliphatic rings. The number of ketones is 1. The van der Waals surface area contributed by atoms with E-state index >= 15 is 0 Å². The van der Waals surface area contributed by atoms with E-state index in [0.29, 0.717) is 40.8 Å². The molecule has 158 valence electrons. The van der Waals surface area contributed by atoms with Crippen LogP contribution < -0.4 is 0 Å². The molecule has 0 radical (unpaired) electrons. The summed E-state index contributed by atoms with van der Waals surface area (Å²) in [6.45, 7) is 9.53. The van der Waals surface area contributed by atoms with Crippen LogP contribution in [0.2, 0.25) is 10.0 Å². The fraction of sp³-hybridized carbons (Fsp3) is 0.609. The van der Waals surface area contributed by atoms with Gasteiger partial charge in [-0.15, -0.1) is 0 Å². The monoisotopic (exact) mass is 437 g/mol. The molecule has 0 bridgehead atoms. The lowest BCUT2D eigenvalue weighted by Gasteiger charge is -2.32. The number of Topliss-reactive ketones (excluding diaryl/α,β-unsaturated/α-hetero) is 1. The highest BCUT2D eigenvalue weighted by Gasteiger charge is 2.53. The number of rotatable bonds is 2. The first-order chi connectivity index (χ1) is 13.5. The molecule has 1 heterocycles. The Hall–Kier alpha value is -1.39. The molecule has 6 heteroatoms. The van der Waals surface area contributed by atoms with Gasteiger partial charge in [0.15, 0.2) is 5.78 Å². The number of aliphatic imine (C=N–C) groups is 1. The molecule has 1 aliphatic heterocycles. The molecule has 3 rings (SSSR count). The van der Waals surface area contributed by atoms with Crippen LogP contribution in [0.15, 0.2) is 17.1 Å². The van der Waals surface area contributed by atoms with Crippen molar-refractivity contribution >= 4 is 40.9 Å². The molecule has 0 saturated heterocycles. The van der Waals surface area contributed by atoms with Gasteiger partial charge in [0.1, 0.15) is 11.5 Å². The smallest absolute Gasteiger partial charge is 0.317 e. The van der Waals surface area contributed by atoms with Crippen molar-refractivity contribution in [1.82, 2.24) is 0 Å². The first-order valence-corrected chi connectivity index (χ1v) is 11.1. The van der Waals surface area contributed by atoms with E-state index in [2.05, 4.69) is 6.92 Å². The maximum Gasteiger partial charge on any atom is 0.317 e. The number of carbonyl (C=O) groups excluding carboxylic acids is 2. The summed E-state index contributed by atoms with van der Waals surface area (Å²) < 4.78 is 5.75.